The standard InChI is InChI=1S/C12H22N2.BrH/c1-3-4-5-6-7-8-9-12-10-11-14(2)13-12;/h10-11H,3-9H2,1-2H3;1H. The van der Waals surface area contributed by atoms with E-state index in [0.29, 0.717) is 0 Å². The van der Waals surface area contributed by atoms with Crippen LogP contribution < -0.4 is 0 Å². The smallest absolute Gasteiger partial charge is 0.0624 e. The average molecular weight is 275 g/mol. The van der Waals surface area contributed by atoms with E-state index < -0.39 is 0 Å². The van der Waals surface area contributed by atoms with Crippen LogP contribution in [0.15, 0.2) is 12.3 Å². The summed E-state index contributed by atoms with van der Waals surface area (Å²) < 4.78 is 1.88. The highest BCUT2D eigenvalue weighted by molar-refractivity contribution is 8.93. The van der Waals surface area contributed by atoms with E-state index in [0.717, 1.165) is 6.42 Å². The molecule has 1 aromatic heterocycles. The molecule has 0 aromatic carbocycles. The molecule has 0 unspecified atom stereocenters. The molecule has 3 heteroatoms. The zero-order valence-electron chi connectivity index (χ0n) is 9.91. The minimum absolute atomic E-state index is 0. The topological polar surface area (TPSA) is 17.8 Å². The molecule has 2 nitrogen and oxygen atoms in total. The molecule has 0 fully saturated rings. The van der Waals surface area contributed by atoms with Crippen molar-refractivity contribution in [2.75, 3.05) is 0 Å². The van der Waals surface area contributed by atoms with E-state index in [-0.39, 0.29) is 17.0 Å². The Hall–Kier alpha value is -0.310. The van der Waals surface area contributed by atoms with Crippen molar-refractivity contribution < 1.29 is 0 Å². The lowest BCUT2D eigenvalue weighted by Crippen LogP contribution is -1.91. The number of halogens is 1. The fourth-order valence-electron chi connectivity index (χ4n) is 1.68. The second-order valence-corrected chi connectivity index (χ2v) is 4.00. The molecule has 0 N–H and O–H groups in total. The van der Waals surface area contributed by atoms with Gasteiger partial charge in [0.05, 0.1) is 5.69 Å². The van der Waals surface area contributed by atoms with Crippen molar-refractivity contribution in [2.45, 2.75) is 51.9 Å². The first-order valence-electron chi connectivity index (χ1n) is 5.81. The van der Waals surface area contributed by atoms with Gasteiger partial charge in [0.25, 0.3) is 0 Å². The molecule has 0 saturated heterocycles. The van der Waals surface area contributed by atoms with Crippen LogP contribution in [-0.2, 0) is 13.5 Å². The maximum absolute atomic E-state index is 4.36. The predicted octanol–water partition coefficient (Wildman–Crippen LogP) is 3.90. The summed E-state index contributed by atoms with van der Waals surface area (Å²) >= 11 is 0. The lowest BCUT2D eigenvalue weighted by atomic mass is 10.1. The first-order chi connectivity index (χ1) is 6.83. The van der Waals surface area contributed by atoms with Crippen LogP contribution in [0.4, 0.5) is 0 Å². The first kappa shape index (κ1) is 14.7. The van der Waals surface area contributed by atoms with E-state index in [1.807, 2.05) is 17.9 Å². The molecular weight excluding hydrogens is 252 g/mol. The molecule has 15 heavy (non-hydrogen) atoms. The number of rotatable bonds is 7. The highest BCUT2D eigenvalue weighted by Gasteiger charge is 1.96. The Labute approximate surface area is 104 Å². The lowest BCUT2D eigenvalue weighted by molar-refractivity contribution is 0.601. The summed E-state index contributed by atoms with van der Waals surface area (Å²) in [5.41, 5.74) is 1.24. The molecule has 0 amide bonds. The molecule has 0 aliphatic carbocycles. The summed E-state index contributed by atoms with van der Waals surface area (Å²) in [6, 6.07) is 2.12. The Morgan fingerprint density at radius 1 is 1.13 bits per heavy atom. The van der Waals surface area contributed by atoms with Gasteiger partial charge in [0, 0.05) is 13.2 Å². The van der Waals surface area contributed by atoms with Crippen LogP contribution in [0.25, 0.3) is 0 Å². The maximum atomic E-state index is 4.36. The Morgan fingerprint density at radius 3 is 2.40 bits per heavy atom. The molecular formula is C12H23BrN2. The van der Waals surface area contributed by atoms with Gasteiger partial charge in [-0.1, -0.05) is 39.0 Å². The summed E-state index contributed by atoms with van der Waals surface area (Å²) in [6.45, 7) is 2.26. The largest absolute Gasteiger partial charge is 0.276 e. The molecule has 0 radical (unpaired) electrons. The first-order valence-corrected chi connectivity index (χ1v) is 5.81. The summed E-state index contributed by atoms with van der Waals surface area (Å²) in [5.74, 6) is 0. The summed E-state index contributed by atoms with van der Waals surface area (Å²) in [7, 11) is 1.98. The van der Waals surface area contributed by atoms with Crippen molar-refractivity contribution in [2.24, 2.45) is 7.05 Å². The Balaban J connectivity index is 0.00000196. The van der Waals surface area contributed by atoms with Gasteiger partial charge in [0.2, 0.25) is 0 Å². The van der Waals surface area contributed by atoms with E-state index >= 15 is 0 Å². The van der Waals surface area contributed by atoms with Crippen molar-refractivity contribution in [1.82, 2.24) is 9.78 Å². The second-order valence-electron chi connectivity index (χ2n) is 4.00. The highest BCUT2D eigenvalue weighted by atomic mass is 79.9. The van der Waals surface area contributed by atoms with Crippen molar-refractivity contribution in [3.05, 3.63) is 18.0 Å². The molecule has 0 aliphatic heterocycles. The number of aromatic nitrogens is 2. The molecule has 1 aromatic rings. The van der Waals surface area contributed by atoms with E-state index in [1.165, 1.54) is 44.2 Å². The van der Waals surface area contributed by atoms with Crippen molar-refractivity contribution in [1.29, 1.82) is 0 Å². The van der Waals surface area contributed by atoms with Crippen LogP contribution in [0.5, 0.6) is 0 Å². The van der Waals surface area contributed by atoms with E-state index in [4.69, 9.17) is 0 Å². The van der Waals surface area contributed by atoms with Crippen LogP contribution >= 0.6 is 17.0 Å². The van der Waals surface area contributed by atoms with E-state index in [2.05, 4.69) is 18.1 Å². The lowest BCUT2D eigenvalue weighted by Gasteiger charge is -1.98. The van der Waals surface area contributed by atoms with Crippen molar-refractivity contribution in [3.8, 4) is 0 Å². The van der Waals surface area contributed by atoms with Crippen LogP contribution in [0.2, 0.25) is 0 Å². The number of unbranched alkanes of at least 4 members (excludes halogenated alkanes) is 5. The molecule has 1 heterocycles. The number of nitrogens with zero attached hydrogens (tertiary/aromatic N) is 2. The van der Waals surface area contributed by atoms with Crippen LogP contribution in [0.1, 0.15) is 51.1 Å². The monoisotopic (exact) mass is 274 g/mol. The third kappa shape index (κ3) is 6.72. The maximum Gasteiger partial charge on any atom is 0.0624 e. The van der Waals surface area contributed by atoms with Gasteiger partial charge in [-0.25, -0.2) is 0 Å². The number of hydrogen-bond donors (Lipinski definition) is 0. The quantitative estimate of drug-likeness (QED) is 0.690. The van der Waals surface area contributed by atoms with Gasteiger partial charge in [0.15, 0.2) is 0 Å². The minimum Gasteiger partial charge on any atom is -0.276 e. The Morgan fingerprint density at radius 2 is 1.80 bits per heavy atom. The number of aryl methyl sites for hydroxylation is 2. The number of hydrogen-bond acceptors (Lipinski definition) is 1. The van der Waals surface area contributed by atoms with E-state index in [9.17, 15) is 0 Å². The molecule has 0 saturated carbocycles. The Kier molecular flexibility index (Phi) is 8.77. The average Bonchev–Trinajstić information content (AvgIpc) is 2.58. The third-order valence-corrected chi connectivity index (χ3v) is 2.56. The fourth-order valence-corrected chi connectivity index (χ4v) is 1.68. The summed E-state index contributed by atoms with van der Waals surface area (Å²) in [6.07, 6.45) is 11.3. The van der Waals surface area contributed by atoms with E-state index in [1.54, 1.807) is 0 Å². The third-order valence-electron chi connectivity index (χ3n) is 2.56. The van der Waals surface area contributed by atoms with Crippen molar-refractivity contribution >= 4 is 17.0 Å². The van der Waals surface area contributed by atoms with Gasteiger partial charge >= 0.3 is 0 Å². The molecule has 0 atom stereocenters. The van der Waals surface area contributed by atoms with Gasteiger partial charge in [0.1, 0.15) is 0 Å². The van der Waals surface area contributed by atoms with Crippen LogP contribution in [0.3, 0.4) is 0 Å². The van der Waals surface area contributed by atoms with Gasteiger partial charge in [-0.15, -0.1) is 17.0 Å². The zero-order valence-corrected chi connectivity index (χ0v) is 11.6. The van der Waals surface area contributed by atoms with Crippen LogP contribution in [0, 0.1) is 0 Å². The van der Waals surface area contributed by atoms with Gasteiger partial charge < -0.3 is 0 Å². The fraction of sp³-hybridized carbons (Fsp3) is 0.750. The molecule has 0 spiro atoms. The summed E-state index contributed by atoms with van der Waals surface area (Å²) in [5, 5.41) is 4.36. The minimum atomic E-state index is 0. The highest BCUT2D eigenvalue weighted by Crippen LogP contribution is 2.08. The molecule has 1 rings (SSSR count). The van der Waals surface area contributed by atoms with Gasteiger partial charge in [-0.3, -0.25) is 4.68 Å². The Bertz CT molecular complexity index is 246. The molecule has 88 valence electrons. The normalized spacial score (nSPS) is 10.0. The van der Waals surface area contributed by atoms with Gasteiger partial charge in [-0.2, -0.15) is 5.10 Å². The zero-order chi connectivity index (χ0) is 10.2. The SMILES string of the molecule is Br.CCCCCCCCc1ccn(C)n1. The molecule has 0 bridgehead atoms. The predicted molar refractivity (Wildman–Crippen MR) is 70.6 cm³/mol. The molecule has 0 aliphatic rings. The van der Waals surface area contributed by atoms with Crippen LogP contribution in [-0.4, -0.2) is 9.78 Å². The van der Waals surface area contributed by atoms with Gasteiger partial charge in [-0.05, 0) is 18.9 Å². The second kappa shape index (κ2) is 8.96. The van der Waals surface area contributed by atoms with Crippen molar-refractivity contribution in [3.63, 3.8) is 0 Å². The summed E-state index contributed by atoms with van der Waals surface area (Å²) in [4.78, 5) is 0.